The average molecular weight is 1090 g/mol. The number of nitrogens with zero attached hydrogens (tertiary/aromatic N) is 7. The zero-order chi connectivity index (χ0) is 56.7. The lowest BCUT2D eigenvalue weighted by Gasteiger charge is -2.25. The van der Waals surface area contributed by atoms with E-state index in [2.05, 4.69) is 94.3 Å². The predicted octanol–water partition coefficient (Wildman–Crippen LogP) is 13.5. The molecule has 2 saturated heterocycles. The molecule has 0 atom stereocenters. The van der Waals surface area contributed by atoms with Crippen LogP contribution in [0.25, 0.3) is 11.0 Å². The second-order valence-corrected chi connectivity index (χ2v) is 22.3. The lowest BCUT2D eigenvalue weighted by molar-refractivity contribution is -0.120. The zero-order valence-electron chi connectivity index (χ0n) is 46.8. The number of imidazole rings is 1. The highest BCUT2D eigenvalue weighted by atomic mass is 32.1. The smallest absolute Gasteiger partial charge is 0.208 e. The minimum absolute atomic E-state index is 0.0145. The summed E-state index contributed by atoms with van der Waals surface area (Å²) in [7, 11) is 3.71. The number of Topliss-reactive ketones (excluding diaryl/α,β-unsaturated/α-hetero) is 2. The normalized spacial score (nSPS) is 13.9. The van der Waals surface area contributed by atoms with Gasteiger partial charge in [0.1, 0.15) is 40.3 Å². The number of aryl methyl sites for hydroxylation is 1. The summed E-state index contributed by atoms with van der Waals surface area (Å²) >= 11 is 4.45. The molecule has 0 aliphatic carbocycles. The Morgan fingerprint density at radius 2 is 1.16 bits per heavy atom. The van der Waals surface area contributed by atoms with Gasteiger partial charge < -0.3 is 30.4 Å². The monoisotopic (exact) mass is 1090 g/mol. The van der Waals surface area contributed by atoms with E-state index in [1.165, 1.54) is 37.8 Å². The van der Waals surface area contributed by atoms with Gasteiger partial charge in [-0.05, 0) is 147 Å². The van der Waals surface area contributed by atoms with Crippen molar-refractivity contribution in [3.63, 3.8) is 0 Å². The van der Waals surface area contributed by atoms with Crippen molar-refractivity contribution < 1.29 is 27.8 Å². The molecule has 3 aromatic heterocycles. The quantitative estimate of drug-likeness (QED) is 0.0476. The van der Waals surface area contributed by atoms with Crippen molar-refractivity contribution in [1.29, 1.82) is 0 Å². The van der Waals surface area contributed by atoms with Crippen LogP contribution in [0, 0.1) is 11.6 Å². The number of benzene rings is 4. The van der Waals surface area contributed by atoms with Gasteiger partial charge >= 0.3 is 0 Å². The molecule has 2 aliphatic heterocycles. The number of carbonyl (C=O) groups is 2. The molecule has 0 bridgehead atoms. The molecule has 7 aromatic rings. The highest BCUT2D eigenvalue weighted by Crippen LogP contribution is 2.33. The summed E-state index contributed by atoms with van der Waals surface area (Å²) in [5.41, 5.74) is 13.1. The van der Waals surface area contributed by atoms with Crippen LogP contribution < -0.4 is 25.8 Å². The minimum atomic E-state index is -0.365. The summed E-state index contributed by atoms with van der Waals surface area (Å²) in [4.78, 5) is 46.4. The van der Waals surface area contributed by atoms with Crippen molar-refractivity contribution in [1.82, 2.24) is 29.3 Å². The van der Waals surface area contributed by atoms with Gasteiger partial charge in [0.2, 0.25) is 5.95 Å². The molecule has 17 heteroatoms. The number of nitrogens with two attached hydrogens (primary N) is 1. The van der Waals surface area contributed by atoms with E-state index < -0.39 is 0 Å². The van der Waals surface area contributed by atoms with Gasteiger partial charge in [-0.25, -0.2) is 13.8 Å². The third-order valence-corrected chi connectivity index (χ3v) is 13.8. The fourth-order valence-electron chi connectivity index (χ4n) is 9.26. The summed E-state index contributed by atoms with van der Waals surface area (Å²) in [6, 6.07) is 28.3. The molecule has 416 valence electrons. The summed E-state index contributed by atoms with van der Waals surface area (Å²) in [6.45, 7) is 17.5. The number of ketones is 2. The van der Waals surface area contributed by atoms with Gasteiger partial charge in [0.05, 0.1) is 70.6 Å². The highest BCUT2D eigenvalue weighted by Gasteiger charge is 2.20. The average Bonchev–Trinajstić information content (AvgIpc) is 3.76. The van der Waals surface area contributed by atoms with E-state index in [0.717, 1.165) is 72.6 Å². The largest absolute Gasteiger partial charge is 0.457 e. The van der Waals surface area contributed by atoms with Crippen LogP contribution in [-0.2, 0) is 40.3 Å². The fourth-order valence-corrected chi connectivity index (χ4v) is 9.36. The van der Waals surface area contributed by atoms with E-state index in [1.54, 1.807) is 42.7 Å². The molecule has 0 amide bonds. The molecule has 0 saturated carbocycles. The van der Waals surface area contributed by atoms with Crippen LogP contribution in [0.4, 0.5) is 37.5 Å². The topological polar surface area (TPSA) is 165 Å². The number of anilines is 4. The van der Waals surface area contributed by atoms with Crippen molar-refractivity contribution in [2.75, 3.05) is 62.7 Å². The SMILES string of the molecule is CC(C)(C)c1ccc(F)c(N=C=S)c1.CNc1ccc(Oc2ccnc(CC(=O)CN3CCCCC3)c2)cc1N.Cn1c(Nc2cc(C(C)(C)C)ccc2F)nc2cc(Oc3ccnc(CC(=O)CN4CCCCC4)c3)ccc21. The van der Waals surface area contributed by atoms with Crippen LogP contribution >= 0.6 is 12.2 Å². The third-order valence-electron chi connectivity index (χ3n) is 13.7. The first-order chi connectivity index (χ1) is 37.7. The van der Waals surface area contributed by atoms with Crippen molar-refractivity contribution >= 4 is 68.7 Å². The van der Waals surface area contributed by atoms with Crippen LogP contribution in [0.1, 0.15) is 103 Å². The standard InChI is InChI=1S/C31H36FN5O2.C20H26N4O2.C11H12FNS/c1-31(2,3)21-8-10-26(32)27(16-21)34-30-35-28-19-24(9-11-29(28)36(30)4)39-25-12-13-33-22(18-25)17-23(38)20-37-14-6-5-7-15-37;1-22-20-6-5-17(13-19(20)21)26-18-7-8-23-15(12-18)11-16(25)14-24-9-3-2-4-10-24;1-11(2,3)8-4-5-9(12)10(6-8)13-7-14/h8-13,16,18-19H,5-7,14-15,17,20H2,1-4H3,(H,34,35);5-8,12-13,22H,2-4,9-11,14,21H2,1H3;4-6H,1-3H3. The van der Waals surface area contributed by atoms with Crippen molar-refractivity contribution in [3.05, 3.63) is 144 Å². The Balaban J connectivity index is 0.000000193. The summed E-state index contributed by atoms with van der Waals surface area (Å²) < 4.78 is 41.6. The second-order valence-electron chi connectivity index (χ2n) is 22.1. The van der Waals surface area contributed by atoms with Gasteiger partial charge in [0.25, 0.3) is 0 Å². The zero-order valence-corrected chi connectivity index (χ0v) is 47.6. The van der Waals surface area contributed by atoms with E-state index >= 15 is 0 Å². The summed E-state index contributed by atoms with van der Waals surface area (Å²) in [5.74, 6) is 2.73. The number of aromatic nitrogens is 4. The second kappa shape index (κ2) is 27.4. The number of pyridine rings is 2. The molecule has 2 aliphatic rings. The highest BCUT2D eigenvalue weighted by molar-refractivity contribution is 7.78. The van der Waals surface area contributed by atoms with E-state index in [4.69, 9.17) is 20.2 Å². The molecule has 14 nitrogen and oxygen atoms in total. The number of hydrogen-bond acceptors (Lipinski definition) is 14. The number of piperidine rings is 2. The van der Waals surface area contributed by atoms with Gasteiger partial charge in [0.15, 0.2) is 11.6 Å². The van der Waals surface area contributed by atoms with Crippen molar-refractivity contribution in [2.45, 2.75) is 104 Å². The number of fused-ring (bicyclic) bond motifs is 1. The van der Waals surface area contributed by atoms with Gasteiger partial charge in [-0.1, -0.05) is 66.5 Å². The molecule has 5 heterocycles. The number of nitrogens with one attached hydrogen (secondary N) is 2. The molecule has 4 N–H and O–H groups in total. The molecule has 0 unspecified atom stereocenters. The lowest BCUT2D eigenvalue weighted by atomic mass is 9.87. The first-order valence-corrected chi connectivity index (χ1v) is 27.4. The van der Waals surface area contributed by atoms with Gasteiger partial charge in [0, 0.05) is 50.8 Å². The predicted molar refractivity (Wildman–Crippen MR) is 316 cm³/mol. The van der Waals surface area contributed by atoms with Crippen molar-refractivity contribution in [2.24, 2.45) is 12.0 Å². The molecule has 0 radical (unpaired) electrons. The number of thiocarbonyl (C=S) groups is 1. The lowest BCUT2D eigenvalue weighted by Crippen LogP contribution is -2.35. The van der Waals surface area contributed by atoms with Crippen LogP contribution in [-0.4, -0.2) is 92.4 Å². The molecule has 2 fully saturated rings. The van der Waals surface area contributed by atoms with Crippen LogP contribution in [0.15, 0.2) is 114 Å². The van der Waals surface area contributed by atoms with Crippen molar-refractivity contribution in [3.8, 4) is 23.0 Å². The fraction of sp³-hybridized carbons (Fsp3) is 0.387. The number of carbonyl (C=O) groups excluding carboxylic acids is 2. The summed E-state index contributed by atoms with van der Waals surface area (Å²) in [6.07, 6.45) is 11.2. The van der Waals surface area contributed by atoms with Crippen LogP contribution in [0.3, 0.4) is 0 Å². The maximum atomic E-state index is 14.6. The number of hydrogen-bond donors (Lipinski definition) is 3. The Hall–Kier alpha value is -7.43. The molecule has 0 spiro atoms. The number of isothiocyanates is 1. The number of likely N-dealkylation sites (tertiary alicyclic amines) is 2. The Morgan fingerprint density at radius 3 is 1.68 bits per heavy atom. The van der Waals surface area contributed by atoms with E-state index in [1.807, 2.05) is 73.3 Å². The Bertz CT molecular complexity index is 3260. The van der Waals surface area contributed by atoms with E-state index in [0.29, 0.717) is 65.5 Å². The van der Waals surface area contributed by atoms with E-state index in [9.17, 15) is 18.4 Å². The van der Waals surface area contributed by atoms with E-state index in [-0.39, 0.29) is 46.1 Å². The first-order valence-electron chi connectivity index (χ1n) is 27.0. The number of nitrogen functional groups attached to an aromatic ring is 1. The Morgan fingerprint density at radius 1 is 0.658 bits per heavy atom. The first kappa shape index (κ1) is 59.2. The van der Waals surface area contributed by atoms with Gasteiger partial charge in [-0.3, -0.25) is 29.4 Å². The molecular formula is C62H74F2N10O4S. The molecule has 9 rings (SSSR count). The number of aliphatic imine (C=N–C) groups is 1. The minimum Gasteiger partial charge on any atom is -0.457 e. The summed E-state index contributed by atoms with van der Waals surface area (Å²) in [5, 5.41) is 8.35. The third kappa shape index (κ3) is 17.5. The molecule has 4 aromatic carbocycles. The van der Waals surface area contributed by atoms with Gasteiger partial charge in [-0.15, -0.1) is 0 Å². The molecular weight excluding hydrogens is 1020 g/mol. The van der Waals surface area contributed by atoms with Gasteiger partial charge in [-0.2, -0.15) is 4.99 Å². The molecule has 79 heavy (non-hydrogen) atoms. The van der Waals surface area contributed by atoms with Crippen LogP contribution in [0.2, 0.25) is 0 Å². The Kier molecular flexibility index (Phi) is 20.6. The maximum absolute atomic E-state index is 14.6. The van der Waals surface area contributed by atoms with Crippen LogP contribution in [0.5, 0.6) is 23.0 Å². The number of halogens is 2. The maximum Gasteiger partial charge on any atom is 0.208 e. The number of rotatable bonds is 16. The number of ether oxygens (including phenoxy) is 2. The Labute approximate surface area is 468 Å².